The number of carbonyl (C=O) groups excluding carboxylic acids is 1. The SMILES string of the molecule is CN(C(=O)Cn1c(Cc2ccc(Cl)cc2)nc2ccccc21)C1CCCCC1. The van der Waals surface area contributed by atoms with Crippen LogP contribution in [0.15, 0.2) is 48.5 Å². The number of rotatable bonds is 5. The van der Waals surface area contributed by atoms with Crippen molar-refractivity contribution in [1.29, 1.82) is 0 Å². The lowest BCUT2D eigenvalue weighted by atomic mass is 9.94. The Hall–Kier alpha value is -2.33. The molecule has 146 valence electrons. The molecule has 5 heteroatoms. The molecule has 1 aliphatic carbocycles. The number of amides is 1. The van der Waals surface area contributed by atoms with E-state index in [4.69, 9.17) is 16.6 Å². The van der Waals surface area contributed by atoms with E-state index in [1.54, 1.807) is 0 Å². The summed E-state index contributed by atoms with van der Waals surface area (Å²) >= 11 is 6.02. The van der Waals surface area contributed by atoms with Gasteiger partial charge in [-0.3, -0.25) is 4.79 Å². The summed E-state index contributed by atoms with van der Waals surface area (Å²) in [7, 11) is 1.95. The van der Waals surface area contributed by atoms with E-state index in [-0.39, 0.29) is 5.91 Å². The van der Waals surface area contributed by atoms with E-state index < -0.39 is 0 Å². The Kier molecular flexibility index (Phi) is 5.67. The second-order valence-corrected chi connectivity index (χ2v) is 8.14. The Bertz CT molecular complexity index is 958. The van der Waals surface area contributed by atoms with Crippen LogP contribution in [0.4, 0.5) is 0 Å². The first-order valence-electron chi connectivity index (χ1n) is 10.1. The van der Waals surface area contributed by atoms with Crippen LogP contribution in [-0.2, 0) is 17.8 Å². The normalized spacial score (nSPS) is 15.1. The third-order valence-corrected chi connectivity index (χ3v) is 6.07. The Morgan fingerprint density at radius 3 is 2.57 bits per heavy atom. The number of fused-ring (bicyclic) bond motifs is 1. The van der Waals surface area contributed by atoms with Gasteiger partial charge in [0.25, 0.3) is 0 Å². The molecule has 4 rings (SSSR count). The van der Waals surface area contributed by atoms with Crippen LogP contribution in [-0.4, -0.2) is 33.4 Å². The van der Waals surface area contributed by atoms with E-state index in [0.717, 1.165) is 40.3 Å². The smallest absolute Gasteiger partial charge is 0.242 e. The van der Waals surface area contributed by atoms with E-state index in [1.165, 1.54) is 19.3 Å². The molecule has 1 amide bonds. The zero-order chi connectivity index (χ0) is 19.5. The zero-order valence-electron chi connectivity index (χ0n) is 16.3. The summed E-state index contributed by atoms with van der Waals surface area (Å²) in [6.45, 7) is 0.330. The van der Waals surface area contributed by atoms with Gasteiger partial charge in [0, 0.05) is 24.5 Å². The van der Waals surface area contributed by atoms with Crippen LogP contribution in [0, 0.1) is 0 Å². The largest absolute Gasteiger partial charge is 0.341 e. The van der Waals surface area contributed by atoms with Gasteiger partial charge in [-0.25, -0.2) is 4.98 Å². The molecule has 0 N–H and O–H groups in total. The van der Waals surface area contributed by atoms with Crippen LogP contribution >= 0.6 is 11.6 Å². The van der Waals surface area contributed by atoms with Gasteiger partial charge in [-0.2, -0.15) is 0 Å². The first kappa shape index (κ1) is 19.0. The van der Waals surface area contributed by atoms with Crippen molar-refractivity contribution in [2.24, 2.45) is 0 Å². The number of hydrogen-bond acceptors (Lipinski definition) is 2. The highest BCUT2D eigenvalue weighted by atomic mass is 35.5. The van der Waals surface area contributed by atoms with Gasteiger partial charge in [-0.05, 0) is 42.7 Å². The lowest BCUT2D eigenvalue weighted by Crippen LogP contribution is -2.40. The van der Waals surface area contributed by atoms with Crippen molar-refractivity contribution < 1.29 is 4.79 Å². The van der Waals surface area contributed by atoms with Gasteiger partial charge >= 0.3 is 0 Å². The number of imidazole rings is 1. The monoisotopic (exact) mass is 395 g/mol. The number of carbonyl (C=O) groups is 1. The van der Waals surface area contributed by atoms with E-state index in [2.05, 4.69) is 4.57 Å². The predicted octanol–water partition coefficient (Wildman–Crippen LogP) is 5.07. The molecule has 1 fully saturated rings. The van der Waals surface area contributed by atoms with Crippen LogP contribution < -0.4 is 0 Å². The van der Waals surface area contributed by atoms with E-state index in [0.29, 0.717) is 19.0 Å². The van der Waals surface area contributed by atoms with Gasteiger partial charge < -0.3 is 9.47 Å². The molecule has 2 aromatic carbocycles. The van der Waals surface area contributed by atoms with Gasteiger partial charge in [0.15, 0.2) is 0 Å². The topological polar surface area (TPSA) is 38.1 Å². The molecule has 28 heavy (non-hydrogen) atoms. The highest BCUT2D eigenvalue weighted by molar-refractivity contribution is 6.30. The lowest BCUT2D eigenvalue weighted by molar-refractivity contribution is -0.133. The van der Waals surface area contributed by atoms with Crippen LogP contribution in [0.3, 0.4) is 0 Å². The number of likely N-dealkylation sites (N-methyl/N-ethyl adjacent to an activating group) is 1. The average Bonchev–Trinajstić information content (AvgIpc) is 3.07. The van der Waals surface area contributed by atoms with Crippen molar-refractivity contribution in [2.45, 2.75) is 51.1 Å². The summed E-state index contributed by atoms with van der Waals surface area (Å²) in [5.74, 6) is 1.07. The zero-order valence-corrected chi connectivity index (χ0v) is 17.0. The number of nitrogens with zero attached hydrogens (tertiary/aromatic N) is 3. The second kappa shape index (κ2) is 8.36. The van der Waals surface area contributed by atoms with Crippen molar-refractivity contribution in [1.82, 2.24) is 14.5 Å². The maximum Gasteiger partial charge on any atom is 0.242 e. The van der Waals surface area contributed by atoms with Crippen molar-refractivity contribution >= 4 is 28.5 Å². The van der Waals surface area contributed by atoms with E-state index in [1.807, 2.05) is 60.5 Å². The first-order chi connectivity index (χ1) is 13.6. The number of hydrogen-bond donors (Lipinski definition) is 0. The standard InChI is InChI=1S/C23H26ClN3O/c1-26(19-7-3-2-4-8-19)23(28)16-27-21-10-6-5-9-20(21)25-22(27)15-17-11-13-18(24)14-12-17/h5-6,9-14,19H,2-4,7-8,15-16H2,1H3. The fourth-order valence-electron chi connectivity index (χ4n) is 4.14. The summed E-state index contributed by atoms with van der Waals surface area (Å²) in [6, 6.07) is 16.2. The minimum Gasteiger partial charge on any atom is -0.341 e. The number of benzene rings is 2. The molecule has 0 aliphatic heterocycles. The third kappa shape index (κ3) is 4.07. The average molecular weight is 396 g/mol. The molecule has 0 radical (unpaired) electrons. The van der Waals surface area contributed by atoms with E-state index >= 15 is 0 Å². The molecule has 0 unspecified atom stereocenters. The van der Waals surface area contributed by atoms with Gasteiger partial charge in [-0.15, -0.1) is 0 Å². The minimum absolute atomic E-state index is 0.160. The molecule has 1 heterocycles. The summed E-state index contributed by atoms with van der Waals surface area (Å²) in [4.78, 5) is 19.8. The molecule has 4 nitrogen and oxygen atoms in total. The molecule has 1 saturated carbocycles. The highest BCUT2D eigenvalue weighted by Crippen LogP contribution is 2.23. The fourth-order valence-corrected chi connectivity index (χ4v) is 4.27. The maximum atomic E-state index is 13.1. The second-order valence-electron chi connectivity index (χ2n) is 7.70. The Balaban J connectivity index is 1.61. The first-order valence-corrected chi connectivity index (χ1v) is 10.4. The van der Waals surface area contributed by atoms with Crippen molar-refractivity contribution in [3.05, 3.63) is 64.9 Å². The highest BCUT2D eigenvalue weighted by Gasteiger charge is 2.23. The van der Waals surface area contributed by atoms with Crippen LogP contribution in [0.5, 0.6) is 0 Å². The van der Waals surface area contributed by atoms with Gasteiger partial charge in [0.1, 0.15) is 12.4 Å². The molecular formula is C23H26ClN3O. The minimum atomic E-state index is 0.160. The van der Waals surface area contributed by atoms with Crippen LogP contribution in [0.25, 0.3) is 11.0 Å². The van der Waals surface area contributed by atoms with Crippen molar-refractivity contribution in [2.75, 3.05) is 7.05 Å². The summed E-state index contributed by atoms with van der Waals surface area (Å²) in [5.41, 5.74) is 3.07. The van der Waals surface area contributed by atoms with Crippen molar-refractivity contribution in [3.8, 4) is 0 Å². The lowest BCUT2D eigenvalue weighted by Gasteiger charge is -2.31. The van der Waals surface area contributed by atoms with E-state index in [9.17, 15) is 4.79 Å². The molecule has 0 atom stereocenters. The van der Waals surface area contributed by atoms with Gasteiger partial charge in [-0.1, -0.05) is 55.1 Å². The Morgan fingerprint density at radius 1 is 1.11 bits per heavy atom. The Morgan fingerprint density at radius 2 is 1.82 bits per heavy atom. The quantitative estimate of drug-likeness (QED) is 0.604. The van der Waals surface area contributed by atoms with Gasteiger partial charge in [0.2, 0.25) is 5.91 Å². The third-order valence-electron chi connectivity index (χ3n) is 5.82. The molecular weight excluding hydrogens is 370 g/mol. The fraction of sp³-hybridized carbons (Fsp3) is 0.391. The predicted molar refractivity (Wildman–Crippen MR) is 114 cm³/mol. The summed E-state index contributed by atoms with van der Waals surface area (Å²) < 4.78 is 2.08. The summed E-state index contributed by atoms with van der Waals surface area (Å²) in [5, 5.41) is 0.724. The van der Waals surface area contributed by atoms with Crippen molar-refractivity contribution in [3.63, 3.8) is 0 Å². The molecule has 0 saturated heterocycles. The van der Waals surface area contributed by atoms with Gasteiger partial charge in [0.05, 0.1) is 11.0 Å². The molecule has 1 aliphatic rings. The summed E-state index contributed by atoms with van der Waals surface area (Å²) in [6.07, 6.45) is 6.63. The van der Waals surface area contributed by atoms with Crippen LogP contribution in [0.2, 0.25) is 5.02 Å². The molecule has 0 spiro atoms. The van der Waals surface area contributed by atoms with Crippen LogP contribution in [0.1, 0.15) is 43.5 Å². The molecule has 0 bridgehead atoms. The number of para-hydroxylation sites is 2. The number of halogens is 1. The molecule has 3 aromatic rings. The maximum absolute atomic E-state index is 13.1. The molecule has 1 aromatic heterocycles. The number of aromatic nitrogens is 2. The Labute approximate surface area is 171 Å².